The van der Waals surface area contributed by atoms with Crippen LogP contribution in [0.5, 0.6) is 0 Å². The van der Waals surface area contributed by atoms with Crippen molar-refractivity contribution in [3.05, 3.63) is 65.7 Å². The van der Waals surface area contributed by atoms with Gasteiger partial charge in [-0.3, -0.25) is 4.79 Å². The third kappa shape index (κ3) is 6.18. The van der Waals surface area contributed by atoms with Crippen LogP contribution in [0.4, 0.5) is 5.69 Å². The highest BCUT2D eigenvalue weighted by molar-refractivity contribution is 6.06. The highest BCUT2D eigenvalue weighted by atomic mass is 79.9. The first-order valence-electron chi connectivity index (χ1n) is 9.84. The lowest BCUT2D eigenvalue weighted by Gasteiger charge is -2.36. The van der Waals surface area contributed by atoms with Crippen molar-refractivity contribution in [2.24, 2.45) is 0 Å². The molecule has 4 heteroatoms. The van der Waals surface area contributed by atoms with E-state index in [4.69, 9.17) is 0 Å². The van der Waals surface area contributed by atoms with Crippen molar-refractivity contribution in [2.75, 3.05) is 37.6 Å². The number of hydrogen-bond donors (Lipinski definition) is 0. The Kier molecular flexibility index (Phi) is 9.75. The van der Waals surface area contributed by atoms with E-state index in [1.165, 1.54) is 5.56 Å². The van der Waals surface area contributed by atoms with Gasteiger partial charge in [-0.05, 0) is 52.0 Å². The molecule has 148 valence electrons. The van der Waals surface area contributed by atoms with Crippen LogP contribution in [-0.2, 0) is 0 Å². The molecule has 0 unspecified atom stereocenters. The van der Waals surface area contributed by atoms with Gasteiger partial charge in [0.1, 0.15) is 0 Å². The highest BCUT2D eigenvalue weighted by Gasteiger charge is 2.22. The number of nitrogens with zero attached hydrogens (tertiary/aromatic N) is 2. The summed E-state index contributed by atoms with van der Waals surface area (Å²) in [6, 6.07) is 17.9. The second kappa shape index (κ2) is 11.3. The molecule has 0 fully saturated rings. The van der Waals surface area contributed by atoms with Crippen LogP contribution in [0.3, 0.4) is 0 Å². The summed E-state index contributed by atoms with van der Waals surface area (Å²) in [5, 5.41) is 0. The molecule has 0 aliphatic carbocycles. The number of carbonyl (C=O) groups excluding carboxylic acids is 1. The summed E-state index contributed by atoms with van der Waals surface area (Å²) in [7, 11) is 0. The first-order valence-corrected chi connectivity index (χ1v) is 9.84. The van der Waals surface area contributed by atoms with Gasteiger partial charge in [0.05, 0.1) is 26.2 Å². The molecule has 2 aromatic carbocycles. The van der Waals surface area contributed by atoms with Gasteiger partial charge in [-0.15, -0.1) is 0 Å². The molecular weight excluding hydrogens is 400 g/mol. The molecule has 0 atom stereocenters. The van der Waals surface area contributed by atoms with E-state index < -0.39 is 0 Å². The number of amides is 1. The second-order valence-corrected chi connectivity index (χ2v) is 7.03. The van der Waals surface area contributed by atoms with Crippen LogP contribution in [0.25, 0.3) is 0 Å². The molecule has 0 aliphatic heterocycles. The zero-order valence-corrected chi connectivity index (χ0v) is 18.7. The Morgan fingerprint density at radius 3 is 1.96 bits per heavy atom. The standard InChI is InChI=1S/C23H33N2O.BrH/c1-5-25(6-2,7-3)19-11-18-24(22-12-9-8-10-13-22)23(26)21-16-14-20(4)15-17-21;/h8-10,12-17H,5-7,11,18-19H2,1-4H3;1H/q+1;/p-1. The summed E-state index contributed by atoms with van der Waals surface area (Å²) in [6.07, 6.45) is 1.00. The van der Waals surface area contributed by atoms with Crippen LogP contribution in [0.1, 0.15) is 43.1 Å². The van der Waals surface area contributed by atoms with Crippen LogP contribution < -0.4 is 21.9 Å². The summed E-state index contributed by atoms with van der Waals surface area (Å²) < 4.78 is 1.11. The van der Waals surface area contributed by atoms with Crippen molar-refractivity contribution in [2.45, 2.75) is 34.1 Å². The normalized spacial score (nSPS) is 11.0. The minimum absolute atomic E-state index is 0. The van der Waals surface area contributed by atoms with E-state index in [2.05, 4.69) is 20.8 Å². The Bertz CT molecular complexity index is 673. The van der Waals surface area contributed by atoms with Crippen LogP contribution in [-0.4, -0.2) is 43.1 Å². The van der Waals surface area contributed by atoms with E-state index in [0.29, 0.717) is 0 Å². The molecule has 0 heterocycles. The molecule has 0 spiro atoms. The van der Waals surface area contributed by atoms with E-state index in [1.54, 1.807) is 0 Å². The van der Waals surface area contributed by atoms with Gasteiger partial charge in [0.25, 0.3) is 5.91 Å². The molecule has 0 bridgehead atoms. The van der Waals surface area contributed by atoms with Crippen LogP contribution in [0.2, 0.25) is 0 Å². The van der Waals surface area contributed by atoms with E-state index in [-0.39, 0.29) is 22.9 Å². The number of aryl methyl sites for hydroxylation is 1. The number of quaternary nitrogens is 1. The fourth-order valence-corrected chi connectivity index (χ4v) is 3.52. The summed E-state index contributed by atoms with van der Waals surface area (Å²) in [5.74, 6) is 0.0822. The molecule has 3 nitrogen and oxygen atoms in total. The third-order valence-corrected chi connectivity index (χ3v) is 5.64. The fourth-order valence-electron chi connectivity index (χ4n) is 3.52. The maximum atomic E-state index is 13.1. The van der Waals surface area contributed by atoms with Crippen molar-refractivity contribution in [1.29, 1.82) is 0 Å². The Labute approximate surface area is 175 Å². The van der Waals surface area contributed by atoms with E-state index in [9.17, 15) is 4.79 Å². The van der Waals surface area contributed by atoms with Gasteiger partial charge < -0.3 is 26.4 Å². The molecule has 0 saturated heterocycles. The van der Waals surface area contributed by atoms with Gasteiger partial charge >= 0.3 is 0 Å². The van der Waals surface area contributed by atoms with Crippen LogP contribution in [0, 0.1) is 6.92 Å². The van der Waals surface area contributed by atoms with Crippen molar-refractivity contribution < 1.29 is 26.3 Å². The number of carbonyl (C=O) groups is 1. The van der Waals surface area contributed by atoms with E-state index in [1.807, 2.05) is 66.4 Å². The molecule has 2 rings (SSSR count). The Balaban J connectivity index is 0.00000364. The topological polar surface area (TPSA) is 20.3 Å². The smallest absolute Gasteiger partial charge is 0.258 e. The SMILES string of the molecule is CC[N+](CC)(CC)CCCN(C(=O)c1ccc(C)cc1)c1ccccc1.[Br-]. The molecule has 2 aromatic rings. The molecule has 0 aromatic heterocycles. The number of hydrogen-bond acceptors (Lipinski definition) is 1. The predicted molar refractivity (Wildman–Crippen MR) is 111 cm³/mol. The van der Waals surface area contributed by atoms with Gasteiger partial charge in [0, 0.05) is 24.2 Å². The van der Waals surface area contributed by atoms with Gasteiger partial charge in [-0.1, -0.05) is 35.9 Å². The Morgan fingerprint density at radius 1 is 0.889 bits per heavy atom. The molecule has 0 saturated carbocycles. The van der Waals surface area contributed by atoms with Crippen molar-refractivity contribution in [3.63, 3.8) is 0 Å². The van der Waals surface area contributed by atoms with Gasteiger partial charge in [0.15, 0.2) is 0 Å². The largest absolute Gasteiger partial charge is 1.00 e. The summed E-state index contributed by atoms with van der Waals surface area (Å²) in [6.45, 7) is 14.1. The van der Waals surface area contributed by atoms with E-state index in [0.717, 1.165) is 54.9 Å². The molecule has 1 amide bonds. The zero-order valence-electron chi connectivity index (χ0n) is 17.1. The molecular formula is C23H33BrN2O. The predicted octanol–water partition coefficient (Wildman–Crippen LogP) is 1.91. The van der Waals surface area contributed by atoms with Gasteiger partial charge in [-0.25, -0.2) is 0 Å². The molecule has 27 heavy (non-hydrogen) atoms. The fraction of sp³-hybridized carbons (Fsp3) is 0.435. The number of benzene rings is 2. The number of rotatable bonds is 9. The minimum atomic E-state index is 0. The van der Waals surface area contributed by atoms with Gasteiger partial charge in [0.2, 0.25) is 0 Å². The number of halogens is 1. The second-order valence-electron chi connectivity index (χ2n) is 7.03. The minimum Gasteiger partial charge on any atom is -1.00 e. The Hall–Kier alpha value is -1.65. The lowest BCUT2D eigenvalue weighted by atomic mass is 10.1. The van der Waals surface area contributed by atoms with Crippen molar-refractivity contribution in [3.8, 4) is 0 Å². The van der Waals surface area contributed by atoms with Crippen LogP contribution in [0.15, 0.2) is 54.6 Å². The van der Waals surface area contributed by atoms with Crippen LogP contribution >= 0.6 is 0 Å². The lowest BCUT2D eigenvalue weighted by molar-refractivity contribution is -0.923. The zero-order chi connectivity index (χ0) is 19.0. The quantitative estimate of drug-likeness (QED) is 0.554. The lowest BCUT2D eigenvalue weighted by Crippen LogP contribution is -3.00. The van der Waals surface area contributed by atoms with Gasteiger partial charge in [-0.2, -0.15) is 0 Å². The molecule has 0 N–H and O–H groups in total. The maximum Gasteiger partial charge on any atom is 0.258 e. The summed E-state index contributed by atoms with van der Waals surface area (Å²) in [5.41, 5.74) is 2.89. The highest BCUT2D eigenvalue weighted by Crippen LogP contribution is 2.19. The van der Waals surface area contributed by atoms with E-state index >= 15 is 0 Å². The summed E-state index contributed by atoms with van der Waals surface area (Å²) in [4.78, 5) is 15.1. The third-order valence-electron chi connectivity index (χ3n) is 5.64. The van der Waals surface area contributed by atoms with Crippen molar-refractivity contribution >= 4 is 11.6 Å². The monoisotopic (exact) mass is 432 g/mol. The molecule has 0 aliphatic rings. The number of para-hydroxylation sites is 1. The first-order chi connectivity index (χ1) is 12.5. The van der Waals surface area contributed by atoms with Crippen molar-refractivity contribution in [1.82, 2.24) is 0 Å². The number of anilines is 1. The summed E-state index contributed by atoms with van der Waals surface area (Å²) >= 11 is 0. The maximum absolute atomic E-state index is 13.1. The first kappa shape index (κ1) is 23.4. The Morgan fingerprint density at radius 2 is 1.44 bits per heavy atom. The average molecular weight is 433 g/mol. The molecule has 0 radical (unpaired) electrons. The average Bonchev–Trinajstić information content (AvgIpc) is 2.69.